The average Bonchev–Trinajstić information content (AvgIpc) is 2.40. The van der Waals surface area contributed by atoms with E-state index in [4.69, 9.17) is 26.2 Å². The molecule has 0 atom stereocenters. The van der Waals surface area contributed by atoms with Crippen LogP contribution in [0.3, 0.4) is 0 Å². The van der Waals surface area contributed by atoms with Gasteiger partial charge >= 0.3 is 0 Å². The van der Waals surface area contributed by atoms with Crippen LogP contribution >= 0.6 is 0 Å². The van der Waals surface area contributed by atoms with Crippen LogP contribution in [0, 0.1) is 12.3 Å². The molecule has 0 spiro atoms. The van der Waals surface area contributed by atoms with E-state index in [1.807, 2.05) is 0 Å². The molecule has 1 rings (SSSR count). The number of hydrogen-bond donors (Lipinski definition) is 0. The first-order valence-corrected chi connectivity index (χ1v) is 5.08. The van der Waals surface area contributed by atoms with Crippen LogP contribution in [-0.2, 0) is 11.3 Å². The lowest BCUT2D eigenvalue weighted by Crippen LogP contribution is -1.97. The molecule has 1 aromatic rings. The van der Waals surface area contributed by atoms with E-state index in [-0.39, 0.29) is 13.2 Å². The van der Waals surface area contributed by atoms with Crippen molar-refractivity contribution >= 4 is 5.69 Å². The number of rotatable bonds is 6. The molecule has 0 N–H and O–H groups in total. The molecule has 6 nitrogen and oxygen atoms in total. The first-order valence-electron chi connectivity index (χ1n) is 5.08. The second-order valence-electron chi connectivity index (χ2n) is 3.22. The van der Waals surface area contributed by atoms with Gasteiger partial charge in [-0.3, -0.25) is 0 Å². The zero-order valence-corrected chi connectivity index (χ0v) is 10.2. The van der Waals surface area contributed by atoms with Crippen LogP contribution in [0.4, 0.5) is 5.69 Å². The number of nitrogens with zero attached hydrogens (tertiary/aromatic N) is 3. The molecule has 0 radical (unpaired) electrons. The Morgan fingerprint density at radius 3 is 2.56 bits per heavy atom. The maximum atomic E-state index is 8.52. The molecular weight excluding hydrogens is 234 g/mol. The molecule has 0 saturated carbocycles. The van der Waals surface area contributed by atoms with E-state index in [0.717, 1.165) is 0 Å². The fourth-order valence-corrected chi connectivity index (χ4v) is 1.39. The van der Waals surface area contributed by atoms with E-state index in [2.05, 4.69) is 15.9 Å². The van der Waals surface area contributed by atoms with Gasteiger partial charge in [0.1, 0.15) is 6.61 Å². The Morgan fingerprint density at radius 1 is 1.33 bits per heavy atom. The lowest BCUT2D eigenvalue weighted by molar-refractivity contribution is 0.153. The van der Waals surface area contributed by atoms with Gasteiger partial charge < -0.3 is 14.2 Å². The number of azide groups is 1. The summed E-state index contributed by atoms with van der Waals surface area (Å²) in [6.07, 6.45) is 5.09. The van der Waals surface area contributed by atoms with Gasteiger partial charge in [-0.25, -0.2) is 0 Å². The van der Waals surface area contributed by atoms with Gasteiger partial charge in [-0.2, -0.15) is 0 Å². The monoisotopic (exact) mass is 247 g/mol. The Balaban J connectivity index is 3.12. The van der Waals surface area contributed by atoms with Crippen molar-refractivity contribution in [3.63, 3.8) is 0 Å². The maximum absolute atomic E-state index is 8.52. The minimum atomic E-state index is 0.185. The van der Waals surface area contributed by atoms with Crippen LogP contribution in [0.1, 0.15) is 5.56 Å². The van der Waals surface area contributed by atoms with E-state index in [0.29, 0.717) is 22.7 Å². The standard InChI is InChI=1S/C12H13N3O3/c1-4-5-18-8-9-6-11(16-2)12(17-3)7-10(9)14-15-13/h1,6-7H,5,8H2,2-3H3. The SMILES string of the molecule is C#CCOCc1cc(OC)c(OC)cc1N=[N+]=[N-]. The Morgan fingerprint density at radius 2 is 2.00 bits per heavy atom. The van der Waals surface area contributed by atoms with Crippen LogP contribution in [0.15, 0.2) is 17.2 Å². The highest BCUT2D eigenvalue weighted by Crippen LogP contribution is 2.35. The molecule has 0 amide bonds. The molecule has 0 aliphatic rings. The van der Waals surface area contributed by atoms with Crippen molar-refractivity contribution < 1.29 is 14.2 Å². The lowest BCUT2D eigenvalue weighted by atomic mass is 10.1. The lowest BCUT2D eigenvalue weighted by Gasteiger charge is -2.12. The average molecular weight is 247 g/mol. The van der Waals surface area contributed by atoms with Gasteiger partial charge in [0, 0.05) is 10.6 Å². The van der Waals surface area contributed by atoms with Gasteiger partial charge in [0.15, 0.2) is 11.5 Å². The molecule has 1 aromatic carbocycles. The van der Waals surface area contributed by atoms with Crippen molar-refractivity contribution in [2.24, 2.45) is 5.11 Å². The third-order valence-electron chi connectivity index (χ3n) is 2.18. The van der Waals surface area contributed by atoms with E-state index in [1.165, 1.54) is 14.2 Å². The van der Waals surface area contributed by atoms with Crippen LogP contribution in [-0.4, -0.2) is 20.8 Å². The third kappa shape index (κ3) is 3.32. The van der Waals surface area contributed by atoms with Crippen molar-refractivity contribution in [1.29, 1.82) is 0 Å². The van der Waals surface area contributed by atoms with E-state index in [9.17, 15) is 0 Å². The summed E-state index contributed by atoms with van der Waals surface area (Å²) in [6.45, 7) is 0.420. The first kappa shape index (κ1) is 13.7. The Labute approximate surface area is 105 Å². The first-order chi connectivity index (χ1) is 8.76. The van der Waals surface area contributed by atoms with Gasteiger partial charge in [-0.05, 0) is 23.2 Å². The summed E-state index contributed by atoms with van der Waals surface area (Å²) < 4.78 is 15.5. The van der Waals surface area contributed by atoms with Crippen molar-refractivity contribution in [1.82, 2.24) is 0 Å². The fourth-order valence-electron chi connectivity index (χ4n) is 1.39. The fraction of sp³-hybridized carbons (Fsp3) is 0.333. The number of benzene rings is 1. The highest BCUT2D eigenvalue weighted by Gasteiger charge is 2.10. The minimum Gasteiger partial charge on any atom is -0.493 e. The summed E-state index contributed by atoms with van der Waals surface area (Å²) in [6, 6.07) is 3.28. The summed E-state index contributed by atoms with van der Waals surface area (Å²) in [5, 5.41) is 3.58. The molecular formula is C12H13N3O3. The molecule has 0 aliphatic heterocycles. The summed E-state index contributed by atoms with van der Waals surface area (Å²) in [7, 11) is 3.03. The van der Waals surface area contributed by atoms with Crippen molar-refractivity contribution in [2.45, 2.75) is 6.61 Å². The Kier molecular flexibility index (Phi) is 5.39. The molecule has 6 heteroatoms. The summed E-state index contributed by atoms with van der Waals surface area (Å²) in [5.41, 5.74) is 9.62. The van der Waals surface area contributed by atoms with Gasteiger partial charge in [0.2, 0.25) is 0 Å². The van der Waals surface area contributed by atoms with Crippen molar-refractivity contribution in [2.75, 3.05) is 20.8 Å². The third-order valence-corrected chi connectivity index (χ3v) is 2.18. The minimum absolute atomic E-state index is 0.185. The van der Waals surface area contributed by atoms with Gasteiger partial charge in [-0.1, -0.05) is 11.0 Å². The summed E-state index contributed by atoms with van der Waals surface area (Å²) in [4.78, 5) is 2.76. The van der Waals surface area contributed by atoms with Crippen molar-refractivity contribution in [3.05, 3.63) is 28.1 Å². The zero-order chi connectivity index (χ0) is 13.4. The maximum Gasteiger partial charge on any atom is 0.161 e. The number of terminal acetylenes is 1. The summed E-state index contributed by atoms with van der Waals surface area (Å²) >= 11 is 0. The normalized spacial score (nSPS) is 9.17. The molecule has 0 aromatic heterocycles. The van der Waals surface area contributed by atoms with E-state index in [1.54, 1.807) is 12.1 Å². The highest BCUT2D eigenvalue weighted by atomic mass is 16.5. The molecule has 18 heavy (non-hydrogen) atoms. The Bertz CT molecular complexity index is 502. The van der Waals surface area contributed by atoms with E-state index < -0.39 is 0 Å². The van der Waals surface area contributed by atoms with Crippen LogP contribution < -0.4 is 9.47 Å². The number of ether oxygens (including phenoxy) is 3. The smallest absolute Gasteiger partial charge is 0.161 e. The summed E-state index contributed by atoms with van der Waals surface area (Å²) in [5.74, 6) is 3.38. The van der Waals surface area contributed by atoms with Crippen LogP contribution in [0.25, 0.3) is 10.4 Å². The van der Waals surface area contributed by atoms with Gasteiger partial charge in [0.25, 0.3) is 0 Å². The molecule has 0 heterocycles. The second kappa shape index (κ2) is 7.07. The topological polar surface area (TPSA) is 76.5 Å². The highest BCUT2D eigenvalue weighted by molar-refractivity contribution is 5.57. The Hall–Kier alpha value is -2.35. The zero-order valence-electron chi connectivity index (χ0n) is 10.2. The van der Waals surface area contributed by atoms with Crippen molar-refractivity contribution in [3.8, 4) is 23.8 Å². The van der Waals surface area contributed by atoms with Gasteiger partial charge in [0.05, 0.1) is 20.8 Å². The molecule has 0 fully saturated rings. The molecule has 0 saturated heterocycles. The predicted molar refractivity (Wildman–Crippen MR) is 66.8 cm³/mol. The molecule has 0 bridgehead atoms. The van der Waals surface area contributed by atoms with Crippen LogP contribution in [0.2, 0.25) is 0 Å². The predicted octanol–water partition coefficient (Wildman–Crippen LogP) is 2.80. The quantitative estimate of drug-likeness (QED) is 0.255. The molecule has 94 valence electrons. The molecule has 0 aliphatic carbocycles. The molecule has 0 unspecified atom stereocenters. The van der Waals surface area contributed by atoms with Gasteiger partial charge in [-0.15, -0.1) is 6.42 Å². The van der Waals surface area contributed by atoms with Crippen LogP contribution in [0.5, 0.6) is 11.5 Å². The second-order valence-corrected chi connectivity index (χ2v) is 3.22. The largest absolute Gasteiger partial charge is 0.493 e. The number of hydrogen-bond acceptors (Lipinski definition) is 4. The van der Waals surface area contributed by atoms with E-state index >= 15 is 0 Å². The number of methoxy groups -OCH3 is 2.